The van der Waals surface area contributed by atoms with Gasteiger partial charge in [-0.25, -0.2) is 4.98 Å². The van der Waals surface area contributed by atoms with Crippen LogP contribution in [0.2, 0.25) is 0 Å². The van der Waals surface area contributed by atoms with Crippen LogP contribution in [0.3, 0.4) is 0 Å². The zero-order valence-corrected chi connectivity index (χ0v) is 8.35. The van der Waals surface area contributed by atoms with Crippen molar-refractivity contribution < 1.29 is 12.9 Å². The summed E-state index contributed by atoms with van der Waals surface area (Å²) in [5.74, 6) is 0. The van der Waals surface area contributed by atoms with Gasteiger partial charge in [-0.15, -0.1) is 0 Å². The molecular weight excluding hydrogens is 260 g/mol. The second-order valence-electron chi connectivity index (χ2n) is 2.87. The number of H-pyrrole nitrogens is 1. The number of rotatable bonds is 1. The highest BCUT2D eigenvalue weighted by Crippen LogP contribution is 2.19. The van der Waals surface area contributed by atoms with Crippen molar-refractivity contribution in [2.24, 2.45) is 0 Å². The summed E-state index contributed by atoms with van der Waals surface area (Å²) in [5.41, 5.74) is -0.379. The fourth-order valence-corrected chi connectivity index (χ4v) is 1.60. The minimum atomic E-state index is -4.98. The van der Waals surface area contributed by atoms with Crippen LogP contribution in [-0.4, -0.2) is 16.9 Å². The maximum absolute atomic E-state index is 12.5. The molecule has 2 aromatic rings. The topological polar surface area (TPSA) is 28.7 Å². The van der Waals surface area contributed by atoms with E-state index in [0.29, 0.717) is 4.47 Å². The molecule has 0 saturated heterocycles. The molecule has 2 nitrogen and oxygen atoms in total. The van der Waals surface area contributed by atoms with Crippen LogP contribution in [0.25, 0.3) is 11.0 Å². The summed E-state index contributed by atoms with van der Waals surface area (Å²) in [4.78, 5) is 6.31. The molecule has 0 unspecified atom stereocenters. The van der Waals surface area contributed by atoms with Gasteiger partial charge >= 0.3 is 6.98 Å². The summed E-state index contributed by atoms with van der Waals surface area (Å²) in [6.07, 6.45) is 2.40. The molecule has 74 valence electrons. The van der Waals surface area contributed by atoms with Gasteiger partial charge in [0.2, 0.25) is 0 Å². The molecule has 0 aromatic carbocycles. The molecule has 0 radical (unpaired) electrons. The predicted molar refractivity (Wildman–Crippen MR) is 52.5 cm³/mol. The second-order valence-corrected chi connectivity index (χ2v) is 3.78. The molecule has 0 atom stereocenters. The van der Waals surface area contributed by atoms with Crippen LogP contribution in [0.4, 0.5) is 12.9 Å². The van der Waals surface area contributed by atoms with Crippen molar-refractivity contribution >= 4 is 39.4 Å². The zero-order valence-electron chi connectivity index (χ0n) is 6.77. The number of nitrogens with zero attached hydrogens (tertiary/aromatic N) is 1. The standard InChI is InChI=1S/C7H4BBrF3N2/c9-4-1-5-6(8(10,11)12)3-14-7(5)13-2-4/h1-3H,(H,13,14)/q-1. The molecular formula is C7H4BBrF3N2-. The number of aromatic nitrogens is 2. The number of nitrogens with one attached hydrogen (secondary N) is 1. The van der Waals surface area contributed by atoms with Crippen LogP contribution in [0.5, 0.6) is 0 Å². The molecule has 0 aliphatic rings. The molecule has 14 heavy (non-hydrogen) atoms. The molecule has 2 aromatic heterocycles. The molecule has 2 rings (SSSR count). The maximum Gasteiger partial charge on any atom is 0.511 e. The Morgan fingerprint density at radius 1 is 1.36 bits per heavy atom. The summed E-state index contributed by atoms with van der Waals surface area (Å²) in [5, 5.41) is 0.104. The molecule has 0 spiro atoms. The molecule has 0 amide bonds. The molecule has 0 bridgehead atoms. The Balaban J connectivity index is 2.73. The average Bonchev–Trinajstić information content (AvgIpc) is 2.45. The molecule has 1 N–H and O–H groups in total. The van der Waals surface area contributed by atoms with Gasteiger partial charge in [0.05, 0.1) is 0 Å². The van der Waals surface area contributed by atoms with Gasteiger partial charge in [0.1, 0.15) is 5.65 Å². The molecule has 0 fully saturated rings. The van der Waals surface area contributed by atoms with E-state index >= 15 is 0 Å². The van der Waals surface area contributed by atoms with Gasteiger partial charge in [-0.3, -0.25) is 0 Å². The summed E-state index contributed by atoms with van der Waals surface area (Å²) in [6, 6.07) is 1.41. The smallest absolute Gasteiger partial charge is 0.445 e. The third-order valence-corrected chi connectivity index (χ3v) is 2.32. The fraction of sp³-hybridized carbons (Fsp3) is 0. The first kappa shape index (κ1) is 9.58. The van der Waals surface area contributed by atoms with Crippen LogP contribution in [0.1, 0.15) is 0 Å². The zero-order chi connectivity index (χ0) is 10.3. The largest absolute Gasteiger partial charge is 0.511 e. The Hall–Kier alpha value is -0.975. The third kappa shape index (κ3) is 1.52. The first-order valence-electron chi connectivity index (χ1n) is 3.81. The number of pyridine rings is 1. The van der Waals surface area contributed by atoms with E-state index in [9.17, 15) is 12.9 Å². The summed E-state index contributed by atoms with van der Waals surface area (Å²) < 4.78 is 38.0. The first-order chi connectivity index (χ1) is 6.48. The van der Waals surface area contributed by atoms with Crippen LogP contribution < -0.4 is 5.46 Å². The number of hydrogen-bond acceptors (Lipinski definition) is 1. The van der Waals surface area contributed by atoms with Gasteiger partial charge in [0.15, 0.2) is 0 Å². The highest BCUT2D eigenvalue weighted by atomic mass is 79.9. The third-order valence-electron chi connectivity index (χ3n) is 1.88. The van der Waals surface area contributed by atoms with Crippen molar-refractivity contribution in [3.05, 3.63) is 22.9 Å². The van der Waals surface area contributed by atoms with E-state index in [4.69, 9.17) is 0 Å². The number of aromatic amines is 1. The number of fused-ring (bicyclic) bond motifs is 1. The molecule has 0 aliphatic carbocycles. The summed E-state index contributed by atoms with van der Waals surface area (Å²) in [7, 11) is 0. The van der Waals surface area contributed by atoms with E-state index in [1.54, 1.807) is 0 Å². The van der Waals surface area contributed by atoms with E-state index in [0.717, 1.165) is 6.20 Å². The van der Waals surface area contributed by atoms with Crippen LogP contribution in [0, 0.1) is 0 Å². The van der Waals surface area contributed by atoms with Gasteiger partial charge in [0.25, 0.3) is 0 Å². The Kier molecular flexibility index (Phi) is 2.06. The normalized spacial score (nSPS) is 12.3. The number of halogens is 4. The Morgan fingerprint density at radius 3 is 2.71 bits per heavy atom. The van der Waals surface area contributed by atoms with Crippen molar-refractivity contribution in [2.75, 3.05) is 0 Å². The highest BCUT2D eigenvalue weighted by Gasteiger charge is 2.28. The van der Waals surface area contributed by atoms with E-state index in [-0.39, 0.29) is 11.0 Å². The minimum absolute atomic E-state index is 0.104. The molecule has 0 saturated carbocycles. The SMILES string of the molecule is F[B-](F)(F)c1c[nH]c2ncc(Br)cc12. The molecule has 7 heteroatoms. The summed E-state index contributed by atoms with van der Waals surface area (Å²) in [6.45, 7) is -4.98. The predicted octanol–water partition coefficient (Wildman–Crippen LogP) is 2.38. The highest BCUT2D eigenvalue weighted by molar-refractivity contribution is 9.10. The van der Waals surface area contributed by atoms with Gasteiger partial charge in [-0.1, -0.05) is 5.46 Å². The maximum atomic E-state index is 12.5. The van der Waals surface area contributed by atoms with Crippen molar-refractivity contribution in [2.45, 2.75) is 0 Å². The van der Waals surface area contributed by atoms with Crippen LogP contribution in [0.15, 0.2) is 22.9 Å². The van der Waals surface area contributed by atoms with Crippen LogP contribution in [-0.2, 0) is 0 Å². The Morgan fingerprint density at radius 2 is 2.07 bits per heavy atom. The lowest BCUT2D eigenvalue weighted by Gasteiger charge is -2.12. The molecule has 0 aliphatic heterocycles. The summed E-state index contributed by atoms with van der Waals surface area (Å²) >= 11 is 3.08. The number of hydrogen-bond donors (Lipinski definition) is 1. The van der Waals surface area contributed by atoms with Crippen molar-refractivity contribution in [1.29, 1.82) is 0 Å². The van der Waals surface area contributed by atoms with E-state index < -0.39 is 12.4 Å². The first-order valence-corrected chi connectivity index (χ1v) is 4.60. The average molecular weight is 264 g/mol. The van der Waals surface area contributed by atoms with Crippen molar-refractivity contribution in [3.8, 4) is 0 Å². The van der Waals surface area contributed by atoms with E-state index in [1.165, 1.54) is 12.3 Å². The van der Waals surface area contributed by atoms with Gasteiger partial charge in [0, 0.05) is 10.7 Å². The Bertz CT molecular complexity index is 479. The van der Waals surface area contributed by atoms with Crippen molar-refractivity contribution in [1.82, 2.24) is 9.97 Å². The Labute approximate surface area is 85.7 Å². The van der Waals surface area contributed by atoms with Crippen LogP contribution >= 0.6 is 15.9 Å². The van der Waals surface area contributed by atoms with E-state index in [1.807, 2.05) is 0 Å². The lowest BCUT2D eigenvalue weighted by molar-refractivity contribution is 0.502. The lowest BCUT2D eigenvalue weighted by atomic mass is 9.80. The van der Waals surface area contributed by atoms with Gasteiger partial charge in [-0.05, 0) is 33.6 Å². The van der Waals surface area contributed by atoms with Crippen molar-refractivity contribution in [3.63, 3.8) is 0 Å². The van der Waals surface area contributed by atoms with Gasteiger partial charge in [-0.2, -0.15) is 0 Å². The van der Waals surface area contributed by atoms with Gasteiger partial charge < -0.3 is 17.9 Å². The molecule has 2 heterocycles. The fourth-order valence-electron chi connectivity index (χ4n) is 1.27. The lowest BCUT2D eigenvalue weighted by Crippen LogP contribution is -2.33. The second kappa shape index (κ2) is 3.01. The van der Waals surface area contributed by atoms with E-state index in [2.05, 4.69) is 25.9 Å². The minimum Gasteiger partial charge on any atom is -0.445 e. The monoisotopic (exact) mass is 263 g/mol. The quantitative estimate of drug-likeness (QED) is 0.787.